The summed E-state index contributed by atoms with van der Waals surface area (Å²) in [5.41, 5.74) is 0. The van der Waals surface area contributed by atoms with Crippen molar-refractivity contribution in [3.8, 4) is 0 Å². The molecule has 0 aromatic heterocycles. The van der Waals surface area contributed by atoms with Crippen LogP contribution < -0.4 is 0 Å². The van der Waals surface area contributed by atoms with E-state index in [-0.39, 0.29) is 57.3 Å². The van der Waals surface area contributed by atoms with Crippen molar-refractivity contribution >= 4 is 127 Å². The number of esters is 2. The van der Waals surface area contributed by atoms with Gasteiger partial charge in [0, 0.05) is 6.92 Å². The maximum absolute atomic E-state index is 10.0. The van der Waals surface area contributed by atoms with Crippen molar-refractivity contribution in [2.24, 2.45) is 0 Å². The van der Waals surface area contributed by atoms with Crippen LogP contribution in [-0.4, -0.2) is 115 Å². The molecule has 11 heavy (non-hydrogen) atoms. The van der Waals surface area contributed by atoms with Crippen LogP contribution in [0.25, 0.3) is 0 Å². The Balaban J connectivity index is -0.000000196. The number of carbonyl (C=O) groups is 2. The van der Waals surface area contributed by atoms with E-state index in [9.17, 15) is 9.59 Å². The second-order valence-electron chi connectivity index (χ2n) is 1.10. The Morgan fingerprint density at radius 3 is 2.00 bits per heavy atom. The SMILES string of the molecule is CC(=O)OC(=O)CCl.[KH].[K][Br]. The maximum atomic E-state index is 10.0. The Hall–Kier alpha value is 3.18. The standard InChI is InChI=1S/C4H5ClO3.BrH.2K.H/c1-3(6)8-4(7)2-5;;;;/h2H2,1H3;1H;;;/q;;;+1;/p-1. The second-order valence-corrected chi connectivity index (χ2v) is 1.37. The van der Waals surface area contributed by atoms with Crippen LogP contribution in [0.3, 0.4) is 0 Å². The van der Waals surface area contributed by atoms with Crippen molar-refractivity contribution in [2.45, 2.75) is 6.92 Å². The van der Waals surface area contributed by atoms with E-state index in [0.717, 1.165) is 52.3 Å². The third kappa shape index (κ3) is 19.6. The van der Waals surface area contributed by atoms with Gasteiger partial charge in [0.05, 0.1) is 0 Å². The van der Waals surface area contributed by atoms with Crippen LogP contribution in [-0.2, 0) is 14.3 Å². The fraction of sp³-hybridized carbons (Fsp3) is 0.500. The summed E-state index contributed by atoms with van der Waals surface area (Å²) in [6.07, 6.45) is 0. The minimum atomic E-state index is -0.709. The van der Waals surface area contributed by atoms with Crippen LogP contribution >= 0.6 is 18.2 Å². The van der Waals surface area contributed by atoms with Gasteiger partial charge in [-0.1, -0.05) is 0 Å². The number of halogens is 2. The number of carbonyl (C=O) groups excluding carboxylic acids is 2. The first kappa shape index (κ1) is 19.7. The molecule has 0 unspecified atom stereocenters. The molecule has 0 aromatic rings. The van der Waals surface area contributed by atoms with Gasteiger partial charge in [-0.2, -0.15) is 0 Å². The van der Waals surface area contributed by atoms with E-state index in [1.54, 1.807) is 0 Å². The van der Waals surface area contributed by atoms with Gasteiger partial charge in [-0.15, -0.1) is 11.6 Å². The number of alkyl halides is 1. The molecule has 0 radical (unpaired) electrons. The van der Waals surface area contributed by atoms with Crippen LogP contribution in [0.4, 0.5) is 0 Å². The van der Waals surface area contributed by atoms with Crippen LogP contribution in [0.2, 0.25) is 0 Å². The van der Waals surface area contributed by atoms with Gasteiger partial charge in [-0.05, 0) is 0 Å². The first-order chi connectivity index (χ1) is 4.66. The Morgan fingerprint density at radius 1 is 1.55 bits per heavy atom. The molecule has 0 heterocycles. The van der Waals surface area contributed by atoms with Gasteiger partial charge in [0.25, 0.3) is 0 Å². The molecule has 0 spiro atoms. The first-order valence-corrected chi connectivity index (χ1v) is 10.6. The van der Waals surface area contributed by atoms with E-state index in [1.807, 2.05) is 0 Å². The van der Waals surface area contributed by atoms with Crippen molar-refractivity contribution < 1.29 is 14.3 Å². The summed E-state index contributed by atoms with van der Waals surface area (Å²) >= 11 is 5.84. The average Bonchev–Trinajstić information content (AvgIpc) is 1.91. The average molecular weight is 296 g/mol. The fourth-order valence-electron chi connectivity index (χ4n) is 0.188. The minimum absolute atomic E-state index is 0. The van der Waals surface area contributed by atoms with Crippen molar-refractivity contribution in [1.29, 1.82) is 0 Å². The summed E-state index contributed by atoms with van der Waals surface area (Å²) in [6, 6.07) is 0. The van der Waals surface area contributed by atoms with Gasteiger partial charge >= 0.3 is 115 Å². The molecule has 0 saturated carbocycles. The van der Waals surface area contributed by atoms with E-state index in [0.29, 0.717) is 0 Å². The summed E-state index contributed by atoms with van der Waals surface area (Å²) in [5.74, 6) is -1.62. The summed E-state index contributed by atoms with van der Waals surface area (Å²) in [4.78, 5) is 20.0. The molecule has 0 fully saturated rings. The normalized spacial score (nSPS) is 6.64. The Morgan fingerprint density at radius 2 is 1.91 bits per heavy atom. The molecule has 56 valence electrons. The quantitative estimate of drug-likeness (QED) is 0.299. The number of rotatable bonds is 1. The number of ether oxygens (including phenoxy) is 1. The Bertz CT molecular complexity index is 122. The number of hydrogen-bond acceptors (Lipinski definition) is 3. The van der Waals surface area contributed by atoms with Crippen LogP contribution in [0.1, 0.15) is 6.92 Å². The molecule has 0 aliphatic rings. The van der Waals surface area contributed by atoms with Gasteiger partial charge in [0.15, 0.2) is 0 Å². The fourth-order valence-corrected chi connectivity index (χ4v) is 0.242. The van der Waals surface area contributed by atoms with Crippen molar-refractivity contribution in [3.63, 3.8) is 0 Å². The third-order valence-electron chi connectivity index (χ3n) is 0.367. The summed E-state index contributed by atoms with van der Waals surface area (Å²) in [6.45, 7) is 4.27. The Kier molecular flexibility index (Phi) is 28.0. The zero-order valence-electron chi connectivity index (χ0n) is 5.69. The molecule has 0 aliphatic carbocycles. The summed E-state index contributed by atoms with van der Waals surface area (Å²) in [5, 5.41) is 0. The predicted molar refractivity (Wildman–Crippen MR) is 49.3 cm³/mol. The molecule has 0 aromatic carbocycles. The second kappa shape index (κ2) is 15.6. The molecule has 0 amide bonds. The molecule has 0 saturated heterocycles. The number of hydrogen-bond donors (Lipinski definition) is 0. The van der Waals surface area contributed by atoms with E-state index in [4.69, 9.17) is 11.6 Å². The first-order valence-electron chi connectivity index (χ1n) is 2.32. The van der Waals surface area contributed by atoms with Crippen LogP contribution in [0, 0.1) is 0 Å². The summed E-state index contributed by atoms with van der Waals surface area (Å²) in [7, 11) is 0. The zero-order valence-corrected chi connectivity index (χ0v) is 11.2. The monoisotopic (exact) mass is 294 g/mol. The van der Waals surface area contributed by atoms with E-state index in [2.05, 4.69) is 11.3 Å². The van der Waals surface area contributed by atoms with Crippen molar-refractivity contribution in [2.75, 3.05) is 5.88 Å². The molecule has 0 bridgehead atoms. The van der Waals surface area contributed by atoms with Gasteiger partial charge < -0.3 is 4.74 Å². The molecule has 0 atom stereocenters. The van der Waals surface area contributed by atoms with E-state index < -0.39 is 11.9 Å². The molecule has 0 rings (SSSR count). The summed E-state index contributed by atoms with van der Waals surface area (Å²) < 4.78 is 3.99. The molecule has 0 aliphatic heterocycles. The molecule has 7 heteroatoms. The molecule has 0 N–H and O–H groups in total. The molecular weight excluding hydrogens is 290 g/mol. The van der Waals surface area contributed by atoms with Crippen LogP contribution in [0.5, 0.6) is 0 Å². The van der Waals surface area contributed by atoms with Crippen molar-refractivity contribution in [1.82, 2.24) is 0 Å². The zero-order chi connectivity index (χ0) is 8.57. The van der Waals surface area contributed by atoms with Gasteiger partial charge in [-0.3, -0.25) is 9.59 Å². The molecule has 3 nitrogen and oxygen atoms in total. The molecular formula is C4H6BrClK2O3. The van der Waals surface area contributed by atoms with Gasteiger partial charge in [0.1, 0.15) is 5.88 Å². The van der Waals surface area contributed by atoms with Crippen LogP contribution in [0.15, 0.2) is 0 Å². The predicted octanol–water partition coefficient (Wildman–Crippen LogP) is 0.131. The van der Waals surface area contributed by atoms with E-state index in [1.165, 1.54) is 0 Å². The van der Waals surface area contributed by atoms with Gasteiger partial charge in [-0.25, -0.2) is 0 Å². The topological polar surface area (TPSA) is 43.4 Å². The Labute approximate surface area is 150 Å². The third-order valence-corrected chi connectivity index (χ3v) is 0.585. The van der Waals surface area contributed by atoms with E-state index >= 15 is 0 Å². The van der Waals surface area contributed by atoms with Crippen molar-refractivity contribution in [3.05, 3.63) is 0 Å². The van der Waals surface area contributed by atoms with Gasteiger partial charge in [0.2, 0.25) is 0 Å².